The first-order chi connectivity index (χ1) is 16.4. The van der Waals surface area contributed by atoms with Gasteiger partial charge >= 0.3 is 11.8 Å². The summed E-state index contributed by atoms with van der Waals surface area (Å²) in [4.78, 5) is 35.8. The molecule has 0 saturated heterocycles. The van der Waals surface area contributed by atoms with Crippen molar-refractivity contribution in [3.63, 3.8) is 0 Å². The average molecular weight is 462 g/mol. The van der Waals surface area contributed by atoms with E-state index in [-0.39, 0.29) is 18.2 Å². The summed E-state index contributed by atoms with van der Waals surface area (Å²) in [6.07, 6.45) is 2.15. The number of carbonyl (C=O) groups excluding carboxylic acids is 3. The Labute approximate surface area is 195 Å². The van der Waals surface area contributed by atoms with Crippen LogP contribution in [0.25, 0.3) is 0 Å². The van der Waals surface area contributed by atoms with Gasteiger partial charge in [-0.05, 0) is 72.1 Å². The highest BCUT2D eigenvalue weighted by Crippen LogP contribution is 2.16. The molecule has 9 heteroatoms. The summed E-state index contributed by atoms with van der Waals surface area (Å²) in [7, 11) is 0. The van der Waals surface area contributed by atoms with Gasteiger partial charge in [0.2, 0.25) is 0 Å². The number of nitrogens with zero attached hydrogens (tertiary/aromatic N) is 1. The number of hydrazone groups is 1. The Morgan fingerprint density at radius 2 is 1.62 bits per heavy atom. The molecule has 34 heavy (non-hydrogen) atoms. The van der Waals surface area contributed by atoms with E-state index in [1.807, 2.05) is 31.2 Å². The smallest absolute Gasteiger partial charge is 0.329 e. The van der Waals surface area contributed by atoms with Gasteiger partial charge in [0.15, 0.2) is 6.61 Å². The van der Waals surface area contributed by atoms with Crippen LogP contribution in [0.3, 0.4) is 0 Å². The van der Waals surface area contributed by atoms with Crippen molar-refractivity contribution in [2.45, 2.75) is 13.3 Å². The highest BCUT2D eigenvalue weighted by molar-refractivity contribution is 6.39. The molecule has 8 nitrogen and oxygen atoms in total. The first kappa shape index (κ1) is 24.1. The van der Waals surface area contributed by atoms with E-state index >= 15 is 0 Å². The van der Waals surface area contributed by atoms with E-state index in [4.69, 9.17) is 4.74 Å². The second-order valence-corrected chi connectivity index (χ2v) is 7.08. The minimum atomic E-state index is -0.976. The van der Waals surface area contributed by atoms with Crippen LogP contribution in [-0.4, -0.2) is 30.5 Å². The normalized spacial score (nSPS) is 10.5. The molecule has 0 bridgehead atoms. The molecule has 3 aromatic rings. The van der Waals surface area contributed by atoms with Crippen LogP contribution in [0, 0.1) is 5.82 Å². The molecule has 0 spiro atoms. The topological polar surface area (TPSA) is 109 Å². The van der Waals surface area contributed by atoms with E-state index in [0.717, 1.165) is 29.8 Å². The molecule has 0 heterocycles. The van der Waals surface area contributed by atoms with Crippen LogP contribution in [0.2, 0.25) is 0 Å². The van der Waals surface area contributed by atoms with Crippen LogP contribution >= 0.6 is 0 Å². The third-order valence-corrected chi connectivity index (χ3v) is 4.61. The number of amides is 3. The number of nitrogens with one attached hydrogen (secondary N) is 3. The SMILES string of the molecule is CCc1ccccc1NC(=O)COc1ccc(/C=N\NC(=O)C(=O)Nc2ccc(F)cc2)cc1. The fourth-order valence-corrected chi connectivity index (χ4v) is 2.87. The molecule has 174 valence electrons. The monoisotopic (exact) mass is 462 g/mol. The van der Waals surface area contributed by atoms with Crippen LogP contribution < -0.4 is 20.8 Å². The number of carbonyl (C=O) groups is 3. The molecular formula is C25H23FN4O4. The van der Waals surface area contributed by atoms with Crippen LogP contribution in [0.15, 0.2) is 77.9 Å². The third-order valence-electron chi connectivity index (χ3n) is 4.61. The fourth-order valence-electron chi connectivity index (χ4n) is 2.87. The average Bonchev–Trinajstić information content (AvgIpc) is 2.85. The predicted octanol–water partition coefficient (Wildman–Crippen LogP) is 3.49. The van der Waals surface area contributed by atoms with Crippen LogP contribution in [0.5, 0.6) is 5.75 Å². The summed E-state index contributed by atoms with van der Waals surface area (Å²) in [5.74, 6) is -2.15. The number of rotatable bonds is 8. The van der Waals surface area contributed by atoms with Gasteiger partial charge < -0.3 is 15.4 Å². The lowest BCUT2D eigenvalue weighted by Crippen LogP contribution is -2.32. The largest absolute Gasteiger partial charge is 0.484 e. The van der Waals surface area contributed by atoms with Crippen molar-refractivity contribution in [1.82, 2.24) is 5.43 Å². The molecule has 0 atom stereocenters. The molecule has 0 fully saturated rings. The van der Waals surface area contributed by atoms with Gasteiger partial charge in [-0.25, -0.2) is 9.82 Å². The van der Waals surface area contributed by atoms with E-state index in [2.05, 4.69) is 21.2 Å². The molecule has 0 saturated carbocycles. The zero-order valence-electron chi connectivity index (χ0n) is 18.4. The number of para-hydroxylation sites is 1. The second-order valence-electron chi connectivity index (χ2n) is 7.08. The standard InChI is InChI=1S/C25H23FN4O4/c1-2-18-5-3-4-6-22(18)29-23(31)16-34-21-13-7-17(8-14-21)15-27-30-25(33)24(32)28-20-11-9-19(26)10-12-20/h3-15H,2,16H2,1H3,(H,28,32)(H,29,31)(H,30,33)/b27-15-. The van der Waals surface area contributed by atoms with Gasteiger partial charge in [0.05, 0.1) is 6.21 Å². The Balaban J connectivity index is 1.43. The van der Waals surface area contributed by atoms with Gasteiger partial charge in [-0.1, -0.05) is 25.1 Å². The van der Waals surface area contributed by atoms with Crippen molar-refractivity contribution < 1.29 is 23.5 Å². The summed E-state index contributed by atoms with van der Waals surface area (Å²) >= 11 is 0. The number of hydrogen-bond acceptors (Lipinski definition) is 5. The predicted molar refractivity (Wildman–Crippen MR) is 127 cm³/mol. The molecule has 3 aromatic carbocycles. The minimum Gasteiger partial charge on any atom is -0.484 e. The molecule has 3 amide bonds. The summed E-state index contributed by atoms with van der Waals surface area (Å²) < 4.78 is 18.4. The summed E-state index contributed by atoms with van der Waals surface area (Å²) in [5.41, 5.74) is 4.83. The Morgan fingerprint density at radius 3 is 2.32 bits per heavy atom. The fraction of sp³-hybridized carbons (Fsp3) is 0.120. The zero-order valence-corrected chi connectivity index (χ0v) is 18.4. The van der Waals surface area contributed by atoms with Gasteiger partial charge in [0.1, 0.15) is 11.6 Å². The molecule has 3 N–H and O–H groups in total. The van der Waals surface area contributed by atoms with E-state index < -0.39 is 17.6 Å². The highest BCUT2D eigenvalue weighted by Gasteiger charge is 2.12. The lowest BCUT2D eigenvalue weighted by atomic mass is 10.1. The van der Waals surface area contributed by atoms with Gasteiger partial charge in [0.25, 0.3) is 5.91 Å². The second kappa shape index (κ2) is 11.9. The van der Waals surface area contributed by atoms with Crippen molar-refractivity contribution in [3.8, 4) is 5.75 Å². The van der Waals surface area contributed by atoms with Crippen LogP contribution in [-0.2, 0) is 20.8 Å². The number of halogens is 1. The summed E-state index contributed by atoms with van der Waals surface area (Å²) in [5, 5.41) is 8.90. The molecule has 0 aliphatic heterocycles. The summed E-state index contributed by atoms with van der Waals surface area (Å²) in [6.45, 7) is 1.87. The molecule has 0 aliphatic carbocycles. The molecule has 0 aromatic heterocycles. The van der Waals surface area contributed by atoms with Crippen molar-refractivity contribution in [2.24, 2.45) is 5.10 Å². The van der Waals surface area contributed by atoms with Gasteiger partial charge in [-0.2, -0.15) is 5.10 Å². The number of benzene rings is 3. The first-order valence-corrected chi connectivity index (χ1v) is 10.4. The number of hydrogen-bond donors (Lipinski definition) is 3. The van der Waals surface area contributed by atoms with E-state index in [9.17, 15) is 18.8 Å². The van der Waals surface area contributed by atoms with E-state index in [1.54, 1.807) is 24.3 Å². The minimum absolute atomic E-state index is 0.148. The lowest BCUT2D eigenvalue weighted by Gasteiger charge is -2.10. The van der Waals surface area contributed by atoms with Crippen molar-refractivity contribution >= 4 is 35.3 Å². The van der Waals surface area contributed by atoms with Gasteiger partial charge in [-0.3, -0.25) is 14.4 Å². The van der Waals surface area contributed by atoms with Gasteiger partial charge in [0, 0.05) is 11.4 Å². The van der Waals surface area contributed by atoms with E-state index in [0.29, 0.717) is 11.3 Å². The summed E-state index contributed by atoms with van der Waals surface area (Å²) in [6, 6.07) is 19.2. The van der Waals surface area contributed by atoms with Crippen LogP contribution in [0.1, 0.15) is 18.1 Å². The number of aryl methyl sites for hydroxylation is 1. The Hall–Kier alpha value is -4.53. The highest BCUT2D eigenvalue weighted by atomic mass is 19.1. The van der Waals surface area contributed by atoms with Crippen LogP contribution in [0.4, 0.5) is 15.8 Å². The van der Waals surface area contributed by atoms with Crippen molar-refractivity contribution in [1.29, 1.82) is 0 Å². The first-order valence-electron chi connectivity index (χ1n) is 10.4. The molecule has 0 unspecified atom stereocenters. The quantitative estimate of drug-likeness (QED) is 0.270. The molecule has 0 aliphatic rings. The van der Waals surface area contributed by atoms with E-state index in [1.165, 1.54) is 18.3 Å². The zero-order chi connectivity index (χ0) is 24.3. The van der Waals surface area contributed by atoms with Gasteiger partial charge in [-0.15, -0.1) is 0 Å². The van der Waals surface area contributed by atoms with Crippen molar-refractivity contribution in [2.75, 3.05) is 17.2 Å². The number of ether oxygens (including phenoxy) is 1. The number of anilines is 2. The Kier molecular flexibility index (Phi) is 8.45. The Bertz CT molecular complexity index is 1180. The molecule has 3 rings (SSSR count). The molecule has 0 radical (unpaired) electrons. The Morgan fingerprint density at radius 1 is 0.912 bits per heavy atom. The third kappa shape index (κ3) is 7.27. The lowest BCUT2D eigenvalue weighted by molar-refractivity contribution is -0.136. The molecular weight excluding hydrogens is 439 g/mol. The maximum Gasteiger partial charge on any atom is 0.329 e. The maximum atomic E-state index is 12.9. The van der Waals surface area contributed by atoms with Crippen molar-refractivity contribution in [3.05, 3.63) is 89.7 Å². The maximum absolute atomic E-state index is 12.9.